The van der Waals surface area contributed by atoms with Crippen molar-refractivity contribution in [2.24, 2.45) is 5.92 Å². The van der Waals surface area contributed by atoms with Crippen LogP contribution in [0, 0.1) is 5.92 Å². The van der Waals surface area contributed by atoms with Crippen LogP contribution in [-0.2, 0) is 4.74 Å². The summed E-state index contributed by atoms with van der Waals surface area (Å²) in [7, 11) is 0. The molecular formula is C16H20ClNO3. The number of carbonyl (C=O) groups is 1. The third-order valence-electron chi connectivity index (χ3n) is 4.49. The zero-order valence-electron chi connectivity index (χ0n) is 11.9. The molecule has 114 valence electrons. The van der Waals surface area contributed by atoms with Gasteiger partial charge in [-0.15, -0.1) is 0 Å². The number of amides is 1. The second kappa shape index (κ2) is 6.34. The zero-order chi connectivity index (χ0) is 14.8. The maximum absolute atomic E-state index is 12.7. The maximum atomic E-state index is 12.7. The summed E-state index contributed by atoms with van der Waals surface area (Å²) in [5, 5.41) is 10.8. The van der Waals surface area contributed by atoms with Crippen LogP contribution in [0.25, 0.3) is 0 Å². The average Bonchev–Trinajstić information content (AvgIpc) is 2.96. The number of benzene rings is 1. The number of aliphatic hydroxyl groups is 1. The first-order valence-electron chi connectivity index (χ1n) is 7.49. The van der Waals surface area contributed by atoms with Gasteiger partial charge in [-0.1, -0.05) is 17.7 Å². The molecule has 0 aromatic heterocycles. The molecule has 0 bridgehead atoms. The minimum absolute atomic E-state index is 0.00206. The first-order chi connectivity index (χ1) is 10.2. The van der Waals surface area contributed by atoms with E-state index in [-0.39, 0.29) is 24.0 Å². The van der Waals surface area contributed by atoms with Crippen LogP contribution in [0.2, 0.25) is 5.02 Å². The molecule has 3 rings (SSSR count). The van der Waals surface area contributed by atoms with Gasteiger partial charge in [-0.05, 0) is 37.5 Å². The van der Waals surface area contributed by atoms with Crippen molar-refractivity contribution in [1.29, 1.82) is 0 Å². The van der Waals surface area contributed by atoms with E-state index in [1.54, 1.807) is 24.3 Å². The predicted octanol–water partition coefficient (Wildman–Crippen LogP) is 2.34. The predicted molar refractivity (Wildman–Crippen MR) is 80.4 cm³/mol. The Balaban J connectivity index is 1.78. The molecular weight excluding hydrogens is 290 g/mol. The van der Waals surface area contributed by atoms with Crippen molar-refractivity contribution in [1.82, 2.24) is 4.90 Å². The fourth-order valence-corrected chi connectivity index (χ4v) is 3.58. The van der Waals surface area contributed by atoms with E-state index in [0.717, 1.165) is 19.4 Å². The van der Waals surface area contributed by atoms with Gasteiger partial charge in [0.15, 0.2) is 0 Å². The van der Waals surface area contributed by atoms with E-state index in [2.05, 4.69) is 0 Å². The van der Waals surface area contributed by atoms with Crippen molar-refractivity contribution in [3.8, 4) is 0 Å². The molecule has 2 heterocycles. The summed E-state index contributed by atoms with van der Waals surface area (Å²) in [6.45, 7) is 1.87. The Bertz CT molecular complexity index is 522. The van der Waals surface area contributed by atoms with Crippen LogP contribution in [0.15, 0.2) is 24.3 Å². The van der Waals surface area contributed by atoms with Crippen molar-refractivity contribution >= 4 is 17.5 Å². The van der Waals surface area contributed by atoms with Gasteiger partial charge in [-0.3, -0.25) is 4.79 Å². The molecule has 5 heteroatoms. The minimum Gasteiger partial charge on any atom is -0.393 e. The minimum atomic E-state index is -0.378. The van der Waals surface area contributed by atoms with Gasteiger partial charge < -0.3 is 14.7 Å². The van der Waals surface area contributed by atoms with Crippen LogP contribution in [0.5, 0.6) is 0 Å². The Kier molecular flexibility index (Phi) is 4.48. The molecule has 0 spiro atoms. The highest BCUT2D eigenvalue weighted by Gasteiger charge is 2.39. The number of ether oxygens (including phenoxy) is 1. The van der Waals surface area contributed by atoms with E-state index >= 15 is 0 Å². The number of hydrogen-bond acceptors (Lipinski definition) is 3. The standard InChI is InChI=1S/C16H20ClNO3/c17-12-4-1-3-11(9-12)16(20)18-7-2-5-14(18)13-10-21-8-6-15(13)19/h1,3-4,9,13-15,19H,2,5-8,10H2/t13-,14+,15+/m0/s1. The van der Waals surface area contributed by atoms with Gasteiger partial charge in [0.1, 0.15) is 0 Å². The number of likely N-dealkylation sites (tertiary alicyclic amines) is 1. The highest BCUT2D eigenvalue weighted by atomic mass is 35.5. The van der Waals surface area contributed by atoms with Crippen LogP contribution < -0.4 is 0 Å². The average molecular weight is 310 g/mol. The second-order valence-corrected chi connectivity index (χ2v) is 6.25. The van der Waals surface area contributed by atoms with E-state index < -0.39 is 0 Å². The third kappa shape index (κ3) is 3.07. The van der Waals surface area contributed by atoms with Gasteiger partial charge >= 0.3 is 0 Å². The van der Waals surface area contributed by atoms with Crippen LogP contribution in [0.1, 0.15) is 29.6 Å². The van der Waals surface area contributed by atoms with Crippen LogP contribution >= 0.6 is 11.6 Å². The Morgan fingerprint density at radius 2 is 2.24 bits per heavy atom. The van der Waals surface area contributed by atoms with Crippen molar-refractivity contribution in [3.05, 3.63) is 34.9 Å². The normalized spacial score (nSPS) is 29.6. The molecule has 0 aliphatic carbocycles. The SMILES string of the molecule is O=C(c1cccc(Cl)c1)N1CCC[C@@H]1[C@@H]1COCC[C@H]1O. The summed E-state index contributed by atoms with van der Waals surface area (Å²) >= 11 is 5.97. The lowest BCUT2D eigenvalue weighted by molar-refractivity contribution is -0.0589. The van der Waals surface area contributed by atoms with E-state index in [1.807, 2.05) is 4.90 Å². The highest BCUT2D eigenvalue weighted by molar-refractivity contribution is 6.30. The van der Waals surface area contributed by atoms with Gasteiger partial charge in [0.2, 0.25) is 0 Å². The van der Waals surface area contributed by atoms with Crippen molar-refractivity contribution in [3.63, 3.8) is 0 Å². The number of carbonyl (C=O) groups excluding carboxylic acids is 1. The van der Waals surface area contributed by atoms with E-state index in [0.29, 0.717) is 30.2 Å². The molecule has 0 unspecified atom stereocenters. The van der Waals surface area contributed by atoms with Crippen LogP contribution in [-0.4, -0.2) is 47.8 Å². The fourth-order valence-electron chi connectivity index (χ4n) is 3.39. The lowest BCUT2D eigenvalue weighted by atomic mass is 9.89. The molecule has 2 aliphatic rings. The molecule has 2 fully saturated rings. The summed E-state index contributed by atoms with van der Waals surface area (Å²) in [6.07, 6.45) is 2.18. The number of hydrogen-bond donors (Lipinski definition) is 1. The number of halogens is 1. The molecule has 21 heavy (non-hydrogen) atoms. The molecule has 1 amide bonds. The first kappa shape index (κ1) is 14.8. The van der Waals surface area contributed by atoms with Gasteiger partial charge in [0.25, 0.3) is 5.91 Å². The monoisotopic (exact) mass is 309 g/mol. The van der Waals surface area contributed by atoms with E-state index in [1.165, 1.54) is 0 Å². The number of rotatable bonds is 2. The van der Waals surface area contributed by atoms with Crippen molar-refractivity contribution < 1.29 is 14.6 Å². The molecule has 1 N–H and O–H groups in total. The molecule has 2 aliphatic heterocycles. The van der Waals surface area contributed by atoms with Gasteiger partial charge in [0, 0.05) is 35.7 Å². The summed E-state index contributed by atoms with van der Waals surface area (Å²) < 4.78 is 5.50. The third-order valence-corrected chi connectivity index (χ3v) is 4.72. The molecule has 1 aromatic rings. The fraction of sp³-hybridized carbons (Fsp3) is 0.562. The van der Waals surface area contributed by atoms with Gasteiger partial charge in [-0.2, -0.15) is 0 Å². The second-order valence-electron chi connectivity index (χ2n) is 5.81. The quantitative estimate of drug-likeness (QED) is 0.912. The molecule has 0 saturated carbocycles. The van der Waals surface area contributed by atoms with Crippen LogP contribution in [0.4, 0.5) is 0 Å². The Morgan fingerprint density at radius 1 is 1.38 bits per heavy atom. The van der Waals surface area contributed by atoms with Crippen molar-refractivity contribution in [2.45, 2.75) is 31.4 Å². The molecule has 2 saturated heterocycles. The summed E-state index contributed by atoms with van der Waals surface area (Å²) in [6, 6.07) is 7.11. The largest absolute Gasteiger partial charge is 0.393 e. The molecule has 4 nitrogen and oxygen atoms in total. The van der Waals surface area contributed by atoms with E-state index in [9.17, 15) is 9.90 Å². The highest BCUT2D eigenvalue weighted by Crippen LogP contribution is 2.31. The number of aliphatic hydroxyl groups excluding tert-OH is 1. The molecule has 0 radical (unpaired) electrons. The Hall–Kier alpha value is -1.10. The molecule has 1 aromatic carbocycles. The summed E-state index contributed by atoms with van der Waals surface area (Å²) in [4.78, 5) is 14.6. The lowest BCUT2D eigenvalue weighted by Crippen LogP contribution is -2.48. The topological polar surface area (TPSA) is 49.8 Å². The van der Waals surface area contributed by atoms with Gasteiger partial charge in [0.05, 0.1) is 12.7 Å². The Morgan fingerprint density at radius 3 is 3.00 bits per heavy atom. The smallest absolute Gasteiger partial charge is 0.254 e. The van der Waals surface area contributed by atoms with Gasteiger partial charge in [-0.25, -0.2) is 0 Å². The maximum Gasteiger partial charge on any atom is 0.254 e. The first-order valence-corrected chi connectivity index (χ1v) is 7.87. The summed E-state index contributed by atoms with van der Waals surface area (Å²) in [5.41, 5.74) is 0.612. The molecule has 3 atom stereocenters. The van der Waals surface area contributed by atoms with Crippen LogP contribution in [0.3, 0.4) is 0 Å². The lowest BCUT2D eigenvalue weighted by Gasteiger charge is -2.37. The zero-order valence-corrected chi connectivity index (χ0v) is 12.6. The van der Waals surface area contributed by atoms with E-state index in [4.69, 9.17) is 16.3 Å². The summed E-state index contributed by atoms with van der Waals surface area (Å²) in [5.74, 6) is 0.0159. The Labute approximate surface area is 129 Å². The van der Waals surface area contributed by atoms with Crippen molar-refractivity contribution in [2.75, 3.05) is 19.8 Å². The number of nitrogens with zero attached hydrogens (tertiary/aromatic N) is 1.